The van der Waals surface area contributed by atoms with Crippen molar-refractivity contribution in [3.05, 3.63) is 53.9 Å². The largest absolute Gasteiger partial charge is 0.381 e. The van der Waals surface area contributed by atoms with Crippen LogP contribution in [0.15, 0.2) is 42.7 Å². The van der Waals surface area contributed by atoms with E-state index in [9.17, 15) is 4.79 Å². The van der Waals surface area contributed by atoms with Crippen LogP contribution < -0.4 is 5.32 Å². The lowest BCUT2D eigenvalue weighted by Crippen LogP contribution is -2.22. The van der Waals surface area contributed by atoms with Crippen LogP contribution in [0, 0.1) is 0 Å². The number of aromatic nitrogens is 1. The molecule has 0 saturated heterocycles. The fraction of sp³-hybridized carbons (Fsp3) is 0.267. The van der Waals surface area contributed by atoms with Gasteiger partial charge in [-0.1, -0.05) is 12.1 Å². The summed E-state index contributed by atoms with van der Waals surface area (Å²) in [7, 11) is 1.81. The zero-order valence-corrected chi connectivity index (χ0v) is 11.3. The van der Waals surface area contributed by atoms with Gasteiger partial charge in [-0.15, -0.1) is 0 Å². The van der Waals surface area contributed by atoms with Gasteiger partial charge in [0.05, 0.1) is 0 Å². The van der Waals surface area contributed by atoms with Gasteiger partial charge in [0.1, 0.15) is 0 Å². The van der Waals surface area contributed by atoms with Gasteiger partial charge >= 0.3 is 0 Å². The van der Waals surface area contributed by atoms with Crippen LogP contribution in [0.25, 0.3) is 0 Å². The zero-order chi connectivity index (χ0) is 13.7. The minimum atomic E-state index is 0.0747. The first kappa shape index (κ1) is 13.2. The number of nitrogens with zero attached hydrogens (tertiary/aromatic N) is 1. The molecule has 0 bridgehead atoms. The van der Waals surface area contributed by atoms with Gasteiger partial charge in [-0.05, 0) is 29.3 Å². The quantitative estimate of drug-likeness (QED) is 0.865. The molecule has 0 unspecified atom stereocenters. The van der Waals surface area contributed by atoms with Gasteiger partial charge in [0.2, 0.25) is 5.91 Å². The average Bonchev–Trinajstić information content (AvgIpc) is 2.90. The summed E-state index contributed by atoms with van der Waals surface area (Å²) in [6.07, 6.45) is 3.88. The number of anilines is 1. The number of benzene rings is 1. The maximum atomic E-state index is 11.2. The molecule has 1 heterocycles. The predicted molar refractivity (Wildman–Crippen MR) is 76.7 cm³/mol. The summed E-state index contributed by atoms with van der Waals surface area (Å²) in [5, 5.41) is 3.37. The van der Waals surface area contributed by atoms with Crippen molar-refractivity contribution in [2.45, 2.75) is 20.0 Å². The first-order valence-electron chi connectivity index (χ1n) is 6.31. The van der Waals surface area contributed by atoms with E-state index in [0.29, 0.717) is 6.54 Å². The molecule has 0 radical (unpaired) electrons. The van der Waals surface area contributed by atoms with Gasteiger partial charge in [-0.25, -0.2) is 0 Å². The molecule has 0 fully saturated rings. The van der Waals surface area contributed by atoms with Gasteiger partial charge < -0.3 is 15.2 Å². The monoisotopic (exact) mass is 257 g/mol. The number of rotatable bonds is 5. The number of amides is 1. The summed E-state index contributed by atoms with van der Waals surface area (Å²) in [5.74, 6) is 0.0747. The van der Waals surface area contributed by atoms with Crippen molar-refractivity contribution in [3.8, 4) is 0 Å². The highest BCUT2D eigenvalue weighted by Gasteiger charge is 2.03. The predicted octanol–water partition coefficient (Wildman–Crippen LogP) is 2.61. The Kier molecular flexibility index (Phi) is 4.23. The van der Waals surface area contributed by atoms with Crippen LogP contribution in [0.1, 0.15) is 18.1 Å². The Bertz CT molecular complexity index is 534. The number of H-pyrrole nitrogens is 1. The summed E-state index contributed by atoms with van der Waals surface area (Å²) < 4.78 is 0. The van der Waals surface area contributed by atoms with Crippen molar-refractivity contribution < 1.29 is 4.79 Å². The third-order valence-electron chi connectivity index (χ3n) is 3.04. The van der Waals surface area contributed by atoms with Crippen molar-refractivity contribution in [1.29, 1.82) is 0 Å². The van der Waals surface area contributed by atoms with E-state index in [1.54, 1.807) is 11.8 Å². The van der Waals surface area contributed by atoms with E-state index in [1.165, 1.54) is 5.56 Å². The third kappa shape index (κ3) is 3.88. The SMILES string of the molecule is CC(=O)N(C)Cc1cccc(NCc2cc[nH]c2)c1. The van der Waals surface area contributed by atoms with Gasteiger partial charge in [0.25, 0.3) is 0 Å². The number of carbonyl (C=O) groups is 1. The van der Waals surface area contributed by atoms with E-state index >= 15 is 0 Å². The standard InChI is InChI=1S/C15H19N3O/c1-12(19)18(2)11-13-4-3-5-15(8-13)17-10-14-6-7-16-9-14/h3-9,16-17H,10-11H2,1-2H3. The Morgan fingerprint density at radius 1 is 1.32 bits per heavy atom. The van der Waals surface area contributed by atoms with Crippen molar-refractivity contribution in [2.24, 2.45) is 0 Å². The highest BCUT2D eigenvalue weighted by molar-refractivity contribution is 5.72. The topological polar surface area (TPSA) is 48.1 Å². The molecule has 0 spiro atoms. The highest BCUT2D eigenvalue weighted by atomic mass is 16.2. The molecule has 1 aromatic carbocycles. The van der Waals surface area contributed by atoms with Crippen LogP contribution in [-0.4, -0.2) is 22.8 Å². The fourth-order valence-corrected chi connectivity index (χ4v) is 1.84. The minimum absolute atomic E-state index is 0.0747. The number of hydrogen-bond acceptors (Lipinski definition) is 2. The molecule has 0 atom stereocenters. The lowest BCUT2D eigenvalue weighted by molar-refractivity contribution is -0.128. The van der Waals surface area contributed by atoms with Gasteiger partial charge in [-0.2, -0.15) is 0 Å². The fourth-order valence-electron chi connectivity index (χ4n) is 1.84. The second-order valence-electron chi connectivity index (χ2n) is 4.65. The molecule has 0 aliphatic heterocycles. The third-order valence-corrected chi connectivity index (χ3v) is 3.04. The molecule has 2 rings (SSSR count). The molecule has 1 aromatic heterocycles. The second kappa shape index (κ2) is 6.09. The van der Waals surface area contributed by atoms with E-state index in [2.05, 4.69) is 16.4 Å². The zero-order valence-electron chi connectivity index (χ0n) is 11.3. The summed E-state index contributed by atoms with van der Waals surface area (Å²) in [6, 6.07) is 10.2. The van der Waals surface area contributed by atoms with Crippen LogP contribution in [-0.2, 0) is 17.9 Å². The molecule has 100 valence electrons. The van der Waals surface area contributed by atoms with E-state index in [-0.39, 0.29) is 5.91 Å². The maximum Gasteiger partial charge on any atom is 0.219 e. The van der Waals surface area contributed by atoms with E-state index in [1.807, 2.05) is 43.7 Å². The minimum Gasteiger partial charge on any atom is -0.381 e. The molecule has 0 saturated carbocycles. The lowest BCUT2D eigenvalue weighted by atomic mass is 10.2. The van der Waals surface area contributed by atoms with Crippen LogP contribution in [0.3, 0.4) is 0 Å². The molecular formula is C15H19N3O. The average molecular weight is 257 g/mol. The maximum absolute atomic E-state index is 11.2. The Morgan fingerprint density at radius 3 is 2.84 bits per heavy atom. The molecule has 2 aromatic rings. The van der Waals surface area contributed by atoms with Crippen LogP contribution in [0.5, 0.6) is 0 Å². The van der Waals surface area contributed by atoms with E-state index in [0.717, 1.165) is 17.8 Å². The molecule has 1 amide bonds. The summed E-state index contributed by atoms with van der Waals surface area (Å²) in [6.45, 7) is 3.00. The van der Waals surface area contributed by atoms with E-state index in [4.69, 9.17) is 0 Å². The smallest absolute Gasteiger partial charge is 0.219 e. The molecule has 4 heteroatoms. The van der Waals surface area contributed by atoms with Gasteiger partial charge in [0, 0.05) is 45.1 Å². The molecule has 0 aliphatic rings. The summed E-state index contributed by atoms with van der Waals surface area (Å²) >= 11 is 0. The molecule has 19 heavy (non-hydrogen) atoms. The first-order chi connectivity index (χ1) is 9.15. The van der Waals surface area contributed by atoms with Gasteiger partial charge in [-0.3, -0.25) is 4.79 Å². The Balaban J connectivity index is 1.96. The van der Waals surface area contributed by atoms with Crippen molar-refractivity contribution in [3.63, 3.8) is 0 Å². The second-order valence-corrected chi connectivity index (χ2v) is 4.65. The molecule has 4 nitrogen and oxygen atoms in total. The van der Waals surface area contributed by atoms with Crippen molar-refractivity contribution >= 4 is 11.6 Å². The molecular weight excluding hydrogens is 238 g/mol. The Hall–Kier alpha value is -2.23. The molecule has 2 N–H and O–H groups in total. The normalized spacial score (nSPS) is 10.2. The number of aromatic amines is 1. The molecule has 0 aliphatic carbocycles. The van der Waals surface area contributed by atoms with Crippen molar-refractivity contribution in [1.82, 2.24) is 9.88 Å². The first-order valence-corrected chi connectivity index (χ1v) is 6.31. The van der Waals surface area contributed by atoms with Crippen LogP contribution in [0.2, 0.25) is 0 Å². The van der Waals surface area contributed by atoms with Gasteiger partial charge in [0.15, 0.2) is 0 Å². The number of carbonyl (C=O) groups excluding carboxylic acids is 1. The lowest BCUT2D eigenvalue weighted by Gasteiger charge is -2.15. The number of hydrogen-bond donors (Lipinski definition) is 2. The van der Waals surface area contributed by atoms with E-state index < -0.39 is 0 Å². The van der Waals surface area contributed by atoms with Crippen LogP contribution >= 0.6 is 0 Å². The Labute approximate surface area is 113 Å². The summed E-state index contributed by atoms with van der Waals surface area (Å²) in [5.41, 5.74) is 3.40. The van der Waals surface area contributed by atoms with Crippen LogP contribution in [0.4, 0.5) is 5.69 Å². The highest BCUT2D eigenvalue weighted by Crippen LogP contribution is 2.13. The van der Waals surface area contributed by atoms with Crippen molar-refractivity contribution in [2.75, 3.05) is 12.4 Å². The summed E-state index contributed by atoms with van der Waals surface area (Å²) in [4.78, 5) is 16.0. The number of nitrogens with one attached hydrogen (secondary N) is 2. The Morgan fingerprint density at radius 2 is 2.16 bits per heavy atom.